The molecule has 2 unspecified atom stereocenters. The highest BCUT2D eigenvalue weighted by Gasteiger charge is 2.34. The number of hydrogen-bond acceptors (Lipinski definition) is 3. The summed E-state index contributed by atoms with van der Waals surface area (Å²) >= 11 is 0. The molecule has 0 bridgehead atoms. The van der Waals surface area contributed by atoms with Gasteiger partial charge < -0.3 is 10.1 Å². The van der Waals surface area contributed by atoms with Crippen LogP contribution in [0.25, 0.3) is 0 Å². The number of rotatable bonds is 11. The van der Waals surface area contributed by atoms with Crippen molar-refractivity contribution in [3.05, 3.63) is 0 Å². The molecule has 0 rings (SSSR count). The van der Waals surface area contributed by atoms with Crippen molar-refractivity contribution in [2.75, 3.05) is 19.8 Å². The Kier molecular flexibility index (Phi) is 8.72. The van der Waals surface area contributed by atoms with E-state index < -0.39 is 0 Å². The lowest BCUT2D eigenvalue weighted by atomic mass is 9.79. The molecule has 3 heteroatoms. The number of ether oxygens (including phenoxy) is 1. The number of ketones is 1. The first-order valence-electron chi connectivity index (χ1n) is 8.45. The van der Waals surface area contributed by atoms with Crippen LogP contribution in [0.5, 0.6) is 0 Å². The fourth-order valence-corrected chi connectivity index (χ4v) is 2.30. The Balaban J connectivity index is 4.51. The molecule has 0 saturated carbocycles. The molecule has 0 heterocycles. The molecule has 0 aromatic heterocycles. The Morgan fingerprint density at radius 2 is 1.62 bits per heavy atom. The molecule has 2 atom stereocenters. The zero-order valence-electron chi connectivity index (χ0n) is 15.5. The van der Waals surface area contributed by atoms with Gasteiger partial charge in [0, 0.05) is 29.3 Å². The largest absolute Gasteiger partial charge is 0.380 e. The first kappa shape index (κ1) is 20.6. The normalized spacial score (nSPS) is 17.8. The zero-order chi connectivity index (χ0) is 16.7. The molecule has 0 aliphatic carbocycles. The molecule has 0 spiro atoms. The molecular formula is C18H37NO2. The highest BCUT2D eigenvalue weighted by Crippen LogP contribution is 2.28. The number of carbonyl (C=O) groups is 1. The van der Waals surface area contributed by atoms with E-state index in [1.165, 1.54) is 0 Å². The molecule has 0 aliphatic heterocycles. The molecule has 0 aliphatic rings. The van der Waals surface area contributed by atoms with Crippen molar-refractivity contribution in [1.82, 2.24) is 5.32 Å². The second-order valence-electron chi connectivity index (χ2n) is 7.63. The summed E-state index contributed by atoms with van der Waals surface area (Å²) < 4.78 is 5.99. The predicted octanol–water partition coefficient (Wildman–Crippen LogP) is 4.06. The maximum absolute atomic E-state index is 12.3. The van der Waals surface area contributed by atoms with Crippen LogP contribution in [0.4, 0.5) is 0 Å². The average molecular weight is 299 g/mol. The highest BCUT2D eigenvalue weighted by molar-refractivity contribution is 5.86. The van der Waals surface area contributed by atoms with E-state index >= 15 is 0 Å². The molecule has 21 heavy (non-hydrogen) atoms. The summed E-state index contributed by atoms with van der Waals surface area (Å²) in [6.07, 6.45) is 1.89. The van der Waals surface area contributed by atoms with E-state index in [0.29, 0.717) is 25.0 Å². The van der Waals surface area contributed by atoms with Gasteiger partial charge in [-0.25, -0.2) is 0 Å². The highest BCUT2D eigenvalue weighted by atomic mass is 16.5. The first-order chi connectivity index (χ1) is 9.60. The molecule has 126 valence electrons. The van der Waals surface area contributed by atoms with E-state index in [1.54, 1.807) is 0 Å². The van der Waals surface area contributed by atoms with Gasteiger partial charge in [-0.15, -0.1) is 0 Å². The van der Waals surface area contributed by atoms with Crippen LogP contribution in [-0.4, -0.2) is 31.6 Å². The lowest BCUT2D eigenvalue weighted by molar-refractivity contribution is -0.135. The number of hydrogen-bond donors (Lipinski definition) is 1. The second kappa shape index (κ2) is 8.89. The molecule has 3 nitrogen and oxygen atoms in total. The van der Waals surface area contributed by atoms with Gasteiger partial charge in [0.2, 0.25) is 0 Å². The van der Waals surface area contributed by atoms with Crippen molar-refractivity contribution < 1.29 is 9.53 Å². The Bertz CT molecular complexity index is 314. The maximum Gasteiger partial charge on any atom is 0.143 e. The van der Waals surface area contributed by atoms with Gasteiger partial charge in [0.15, 0.2) is 0 Å². The summed E-state index contributed by atoms with van der Waals surface area (Å²) in [7, 11) is 0. The van der Waals surface area contributed by atoms with Gasteiger partial charge in [0.05, 0.1) is 13.2 Å². The summed E-state index contributed by atoms with van der Waals surface area (Å²) in [6, 6.07) is 0.485. The number of Topliss-reactive ketones (excluding diaryl/α,β-unsaturated/α-hetero) is 1. The molecule has 0 saturated heterocycles. The van der Waals surface area contributed by atoms with E-state index in [0.717, 1.165) is 19.4 Å². The Morgan fingerprint density at radius 1 is 1.05 bits per heavy atom. The topological polar surface area (TPSA) is 38.3 Å². The average Bonchev–Trinajstić information content (AvgIpc) is 2.43. The van der Waals surface area contributed by atoms with E-state index in [-0.39, 0.29) is 16.7 Å². The van der Waals surface area contributed by atoms with Gasteiger partial charge in [-0.05, 0) is 12.8 Å². The second-order valence-corrected chi connectivity index (χ2v) is 7.63. The van der Waals surface area contributed by atoms with Crippen LogP contribution in [0, 0.1) is 16.7 Å². The van der Waals surface area contributed by atoms with Crippen LogP contribution in [-0.2, 0) is 9.53 Å². The summed E-state index contributed by atoms with van der Waals surface area (Å²) in [4.78, 5) is 12.3. The van der Waals surface area contributed by atoms with Gasteiger partial charge in [-0.3, -0.25) is 4.79 Å². The minimum atomic E-state index is -0.353. The molecule has 0 aromatic carbocycles. The van der Waals surface area contributed by atoms with Gasteiger partial charge in [0.1, 0.15) is 5.78 Å². The van der Waals surface area contributed by atoms with Crippen LogP contribution in [0.2, 0.25) is 0 Å². The van der Waals surface area contributed by atoms with E-state index in [2.05, 4.69) is 39.9 Å². The van der Waals surface area contributed by atoms with Gasteiger partial charge in [-0.2, -0.15) is 0 Å². The monoisotopic (exact) mass is 299 g/mol. The third-order valence-electron chi connectivity index (χ3n) is 4.56. The van der Waals surface area contributed by atoms with Crippen molar-refractivity contribution >= 4 is 5.78 Å². The third-order valence-corrected chi connectivity index (χ3v) is 4.56. The van der Waals surface area contributed by atoms with Gasteiger partial charge >= 0.3 is 0 Å². The summed E-state index contributed by atoms with van der Waals surface area (Å²) in [5.41, 5.74) is -0.228. The van der Waals surface area contributed by atoms with Crippen LogP contribution >= 0.6 is 0 Å². The van der Waals surface area contributed by atoms with Crippen molar-refractivity contribution in [3.8, 4) is 0 Å². The first-order valence-corrected chi connectivity index (χ1v) is 8.45. The van der Waals surface area contributed by atoms with Gasteiger partial charge in [0.25, 0.3) is 0 Å². The number of carbonyl (C=O) groups excluding carboxylic acids is 1. The van der Waals surface area contributed by atoms with E-state index in [4.69, 9.17) is 4.74 Å². The van der Waals surface area contributed by atoms with Crippen molar-refractivity contribution in [2.45, 2.75) is 74.3 Å². The molecule has 0 radical (unpaired) electrons. The zero-order valence-corrected chi connectivity index (χ0v) is 15.5. The van der Waals surface area contributed by atoms with Crippen LogP contribution in [0.3, 0.4) is 0 Å². The summed E-state index contributed by atoms with van der Waals surface area (Å²) in [6.45, 7) is 19.0. The molecule has 1 N–H and O–H groups in total. The molecule has 0 amide bonds. The summed E-state index contributed by atoms with van der Waals surface area (Å²) in [5.74, 6) is 0.377. The van der Waals surface area contributed by atoms with Crippen LogP contribution < -0.4 is 5.32 Å². The summed E-state index contributed by atoms with van der Waals surface area (Å²) in [5, 5.41) is 3.49. The van der Waals surface area contributed by atoms with Crippen molar-refractivity contribution in [2.24, 2.45) is 16.7 Å². The van der Waals surface area contributed by atoms with Crippen LogP contribution in [0.1, 0.15) is 68.2 Å². The lowest BCUT2D eigenvalue weighted by Gasteiger charge is -2.33. The van der Waals surface area contributed by atoms with E-state index in [9.17, 15) is 4.79 Å². The maximum atomic E-state index is 12.3. The smallest absolute Gasteiger partial charge is 0.143 e. The fraction of sp³-hybridized carbons (Fsp3) is 0.944. The minimum absolute atomic E-state index is 0.0683. The SMILES string of the molecule is CCC(C)(CNC(C)C)COCC(C)(CC)C(=O)C(C)C. The van der Waals surface area contributed by atoms with Crippen molar-refractivity contribution in [1.29, 1.82) is 0 Å². The van der Waals surface area contributed by atoms with E-state index in [1.807, 2.05) is 20.8 Å². The molecular weight excluding hydrogens is 262 g/mol. The predicted molar refractivity (Wildman–Crippen MR) is 90.6 cm³/mol. The third kappa shape index (κ3) is 6.92. The standard InChI is InChI=1S/C18H37NO2/c1-9-17(7,11-19-15(5)6)12-21-13-18(8,10-2)16(20)14(3)4/h14-15,19H,9-13H2,1-8H3. The molecule has 0 aromatic rings. The van der Waals surface area contributed by atoms with Crippen molar-refractivity contribution in [3.63, 3.8) is 0 Å². The molecule has 0 fully saturated rings. The fourth-order valence-electron chi connectivity index (χ4n) is 2.30. The Hall–Kier alpha value is -0.410. The minimum Gasteiger partial charge on any atom is -0.380 e. The van der Waals surface area contributed by atoms with Crippen LogP contribution in [0.15, 0.2) is 0 Å². The van der Waals surface area contributed by atoms with Gasteiger partial charge in [-0.1, -0.05) is 55.4 Å². The Morgan fingerprint density at radius 3 is 2.00 bits per heavy atom. The lowest BCUT2D eigenvalue weighted by Crippen LogP contribution is -2.41. The Labute approximate surface area is 132 Å². The quantitative estimate of drug-likeness (QED) is 0.625. The number of nitrogens with one attached hydrogen (secondary N) is 1.